The number of rotatable bonds is 6. The molecule has 0 aromatic carbocycles. The van der Waals surface area contributed by atoms with E-state index >= 15 is 0 Å². The van der Waals surface area contributed by atoms with E-state index in [0.717, 1.165) is 35.7 Å². The van der Waals surface area contributed by atoms with E-state index in [-0.39, 0.29) is 0 Å². The highest BCUT2D eigenvalue weighted by Gasteiger charge is 2.00. The molecule has 0 aliphatic rings. The lowest BCUT2D eigenvalue weighted by Crippen LogP contribution is -1.81. The molecule has 0 aliphatic carbocycles. The summed E-state index contributed by atoms with van der Waals surface area (Å²) in [5.41, 5.74) is 0. The van der Waals surface area contributed by atoms with Crippen molar-refractivity contribution in [1.29, 1.82) is 0 Å². The lowest BCUT2D eigenvalue weighted by Gasteiger charge is -2.01. The molecule has 0 amide bonds. The second-order valence-corrected chi connectivity index (χ2v) is 3.93. The average molecular weight is 209 g/mol. The van der Waals surface area contributed by atoms with E-state index in [4.69, 9.17) is 23.2 Å². The highest BCUT2D eigenvalue weighted by Crippen LogP contribution is 2.23. The van der Waals surface area contributed by atoms with E-state index in [1.54, 1.807) is 0 Å². The lowest BCUT2D eigenvalue weighted by atomic mass is 10.2. The first kappa shape index (κ1) is 12.3. The highest BCUT2D eigenvalue weighted by atomic mass is 35.5. The van der Waals surface area contributed by atoms with E-state index < -0.39 is 0 Å². The van der Waals surface area contributed by atoms with Crippen LogP contribution in [-0.2, 0) is 0 Å². The van der Waals surface area contributed by atoms with Crippen molar-refractivity contribution in [2.45, 2.75) is 52.4 Å². The minimum atomic E-state index is 0.868. The molecule has 0 aromatic heterocycles. The van der Waals surface area contributed by atoms with Crippen LogP contribution in [0.2, 0.25) is 0 Å². The second-order valence-electron chi connectivity index (χ2n) is 3.02. The van der Waals surface area contributed by atoms with Crippen molar-refractivity contribution in [2.75, 3.05) is 0 Å². The molecule has 72 valence electrons. The summed E-state index contributed by atoms with van der Waals surface area (Å²) in [6, 6.07) is 0. The number of hydrogen-bond donors (Lipinski definition) is 0. The van der Waals surface area contributed by atoms with E-state index in [2.05, 4.69) is 13.8 Å². The summed E-state index contributed by atoms with van der Waals surface area (Å²) < 4.78 is 0. The van der Waals surface area contributed by atoms with Crippen LogP contribution in [0.25, 0.3) is 0 Å². The van der Waals surface area contributed by atoms with Crippen molar-refractivity contribution < 1.29 is 0 Å². The molecule has 12 heavy (non-hydrogen) atoms. The number of unbranched alkanes of at least 4 members (excludes halogenated alkanes) is 2. The largest absolute Gasteiger partial charge is 0.0879 e. The molecule has 0 heterocycles. The fraction of sp³-hybridized carbons (Fsp3) is 0.800. The summed E-state index contributed by atoms with van der Waals surface area (Å²) in [6.45, 7) is 4.31. The van der Waals surface area contributed by atoms with Gasteiger partial charge in [-0.1, -0.05) is 49.9 Å². The second kappa shape index (κ2) is 7.94. The summed E-state index contributed by atoms with van der Waals surface area (Å²) in [4.78, 5) is 0. The van der Waals surface area contributed by atoms with Crippen LogP contribution in [0.1, 0.15) is 52.4 Å². The van der Waals surface area contributed by atoms with Crippen LogP contribution in [0.15, 0.2) is 10.1 Å². The maximum absolute atomic E-state index is 5.99. The molecule has 0 bridgehead atoms. The van der Waals surface area contributed by atoms with Crippen LogP contribution >= 0.6 is 23.2 Å². The van der Waals surface area contributed by atoms with Gasteiger partial charge in [-0.2, -0.15) is 0 Å². The average Bonchev–Trinajstić information content (AvgIpc) is 2.10. The van der Waals surface area contributed by atoms with Crippen LogP contribution in [-0.4, -0.2) is 0 Å². The Kier molecular flexibility index (Phi) is 8.15. The van der Waals surface area contributed by atoms with E-state index in [1.165, 1.54) is 12.8 Å². The van der Waals surface area contributed by atoms with Crippen molar-refractivity contribution in [3.63, 3.8) is 0 Å². The minimum absolute atomic E-state index is 0.868. The van der Waals surface area contributed by atoms with Gasteiger partial charge in [-0.15, -0.1) is 0 Å². The summed E-state index contributed by atoms with van der Waals surface area (Å²) in [5.74, 6) is 0. The molecule has 0 aliphatic heterocycles. The molecule has 0 nitrogen and oxygen atoms in total. The molecular weight excluding hydrogens is 191 g/mol. The standard InChI is InChI=1S/C10H18Cl2/c1-3-5-7-9(11)10(12)8-6-4-2/h3-8H2,1-2H3. The molecule has 0 N–H and O–H groups in total. The molecule has 0 unspecified atom stereocenters. The zero-order valence-corrected chi connectivity index (χ0v) is 9.51. The number of allylic oxidation sites excluding steroid dienone is 2. The summed E-state index contributed by atoms with van der Waals surface area (Å²) in [7, 11) is 0. The van der Waals surface area contributed by atoms with Crippen LogP contribution in [0.4, 0.5) is 0 Å². The van der Waals surface area contributed by atoms with Gasteiger partial charge in [0.15, 0.2) is 0 Å². The fourth-order valence-corrected chi connectivity index (χ4v) is 1.39. The summed E-state index contributed by atoms with van der Waals surface area (Å²) >= 11 is 12.0. The predicted molar refractivity (Wildman–Crippen MR) is 57.8 cm³/mol. The van der Waals surface area contributed by atoms with Crippen LogP contribution < -0.4 is 0 Å². The molecule has 0 radical (unpaired) electrons. The molecule has 0 spiro atoms. The van der Waals surface area contributed by atoms with Gasteiger partial charge in [0.1, 0.15) is 0 Å². The van der Waals surface area contributed by atoms with E-state index in [1.807, 2.05) is 0 Å². The molecule has 0 saturated heterocycles. The van der Waals surface area contributed by atoms with Crippen molar-refractivity contribution in [2.24, 2.45) is 0 Å². The Hall–Kier alpha value is 0.320. The van der Waals surface area contributed by atoms with Crippen LogP contribution in [0, 0.1) is 0 Å². The van der Waals surface area contributed by atoms with Gasteiger partial charge in [0.25, 0.3) is 0 Å². The topological polar surface area (TPSA) is 0 Å². The monoisotopic (exact) mass is 208 g/mol. The SMILES string of the molecule is CCCCC(Cl)=C(Cl)CCCC. The van der Waals surface area contributed by atoms with Gasteiger partial charge in [0.2, 0.25) is 0 Å². The number of halogens is 2. The summed E-state index contributed by atoms with van der Waals surface area (Å²) in [5, 5.41) is 1.74. The zero-order valence-electron chi connectivity index (χ0n) is 8.00. The Morgan fingerprint density at radius 3 is 1.42 bits per heavy atom. The minimum Gasteiger partial charge on any atom is -0.0879 e. The van der Waals surface area contributed by atoms with Crippen LogP contribution in [0.3, 0.4) is 0 Å². The first-order chi connectivity index (χ1) is 5.72. The van der Waals surface area contributed by atoms with Gasteiger partial charge in [-0.3, -0.25) is 0 Å². The van der Waals surface area contributed by atoms with Gasteiger partial charge >= 0.3 is 0 Å². The van der Waals surface area contributed by atoms with Crippen molar-refractivity contribution in [3.8, 4) is 0 Å². The third kappa shape index (κ3) is 5.91. The third-order valence-electron chi connectivity index (χ3n) is 1.79. The van der Waals surface area contributed by atoms with Gasteiger partial charge in [0, 0.05) is 10.1 Å². The normalized spacial score (nSPS) is 13.0. The lowest BCUT2D eigenvalue weighted by molar-refractivity contribution is 0.780. The van der Waals surface area contributed by atoms with Gasteiger partial charge in [0.05, 0.1) is 0 Å². The van der Waals surface area contributed by atoms with Gasteiger partial charge < -0.3 is 0 Å². The van der Waals surface area contributed by atoms with Crippen molar-refractivity contribution in [1.82, 2.24) is 0 Å². The zero-order chi connectivity index (χ0) is 9.40. The smallest absolute Gasteiger partial charge is 0.0325 e. The molecule has 0 atom stereocenters. The molecular formula is C10H18Cl2. The van der Waals surface area contributed by atoms with Crippen molar-refractivity contribution >= 4 is 23.2 Å². The highest BCUT2D eigenvalue weighted by molar-refractivity contribution is 6.39. The predicted octanol–water partition coefficient (Wildman–Crippen LogP) is 5.06. The molecule has 0 aromatic rings. The molecule has 2 heteroatoms. The van der Waals surface area contributed by atoms with E-state index in [9.17, 15) is 0 Å². The Bertz CT molecular complexity index is 123. The fourth-order valence-electron chi connectivity index (χ4n) is 0.935. The number of hydrogen-bond acceptors (Lipinski definition) is 0. The van der Waals surface area contributed by atoms with Crippen LogP contribution in [0.5, 0.6) is 0 Å². The van der Waals surface area contributed by atoms with Gasteiger partial charge in [-0.05, 0) is 25.7 Å². The Labute approximate surface area is 85.9 Å². The maximum Gasteiger partial charge on any atom is 0.0325 e. The third-order valence-corrected chi connectivity index (χ3v) is 2.72. The molecule has 0 rings (SSSR count). The first-order valence-electron chi connectivity index (χ1n) is 4.75. The van der Waals surface area contributed by atoms with Gasteiger partial charge in [-0.25, -0.2) is 0 Å². The summed E-state index contributed by atoms with van der Waals surface area (Å²) in [6.07, 6.45) is 6.52. The van der Waals surface area contributed by atoms with Crippen molar-refractivity contribution in [3.05, 3.63) is 10.1 Å². The Morgan fingerprint density at radius 1 is 0.833 bits per heavy atom. The molecule has 0 fully saturated rings. The first-order valence-corrected chi connectivity index (χ1v) is 5.51. The maximum atomic E-state index is 5.99. The molecule has 0 saturated carbocycles. The Morgan fingerprint density at radius 2 is 1.17 bits per heavy atom. The van der Waals surface area contributed by atoms with E-state index in [0.29, 0.717) is 0 Å². The quantitative estimate of drug-likeness (QED) is 0.573. The Balaban J connectivity index is 3.72.